The number of nitrogens with one attached hydrogen (secondary N) is 1. The standard InChI is InChI=1S/C33H37NO3.C3H8.C2H5N.C2H6/c1-20(35)22-7-10-25(11-8-22)34-19-21-3-5-23(6-4-21)29-18-33(2)30(15-16-31(33)37)28-13-9-24-17-26(36)12-14-27(24)32(28)29;1-3-2;1-2-3;1-2/h3-8,10-11,17,28-31,34,37H,9,12-16,18-19H2,1-2H3;3H2,1-2H3;2H,1,3H2;1-2H3. The summed E-state index contributed by atoms with van der Waals surface area (Å²) in [7, 11) is 0. The van der Waals surface area contributed by atoms with Gasteiger partial charge in [0.2, 0.25) is 0 Å². The zero-order valence-electron chi connectivity index (χ0n) is 28.5. The number of hydrogen-bond donors (Lipinski definition) is 3. The Bertz CT molecular complexity index is 1350. The van der Waals surface area contributed by atoms with Crippen LogP contribution in [-0.4, -0.2) is 22.8 Å². The summed E-state index contributed by atoms with van der Waals surface area (Å²) in [6, 6.07) is 16.6. The molecule has 5 nitrogen and oxygen atoms in total. The molecule has 0 saturated heterocycles. The number of Topliss-reactive ketones (excluding diaryl/α,β-unsaturated/α-hetero) is 1. The molecule has 2 saturated carbocycles. The smallest absolute Gasteiger partial charge is 0.159 e. The van der Waals surface area contributed by atoms with Gasteiger partial charge in [-0.1, -0.05) is 77.5 Å². The van der Waals surface area contributed by atoms with E-state index in [9.17, 15) is 14.7 Å². The van der Waals surface area contributed by atoms with Gasteiger partial charge in [0.05, 0.1) is 6.10 Å². The number of carbonyl (C=O) groups is 2. The zero-order chi connectivity index (χ0) is 33.1. The molecule has 2 aromatic rings. The van der Waals surface area contributed by atoms with E-state index in [0.29, 0.717) is 30.7 Å². The lowest BCUT2D eigenvalue weighted by atomic mass is 9.53. The second-order valence-corrected chi connectivity index (χ2v) is 12.8. The predicted molar refractivity (Wildman–Crippen MR) is 188 cm³/mol. The minimum absolute atomic E-state index is 0.0443. The van der Waals surface area contributed by atoms with Crippen LogP contribution in [0.15, 0.2) is 84.1 Å². The molecule has 4 aliphatic carbocycles. The SMILES string of the molecule is C=CN.CC.CC(=O)c1ccc(NCc2ccc(C3CC4(C)C(O)CCC4C4CCC5=CC(=O)CCC5=C34)cc2)cc1.CCC. The maximum Gasteiger partial charge on any atom is 0.159 e. The summed E-state index contributed by atoms with van der Waals surface area (Å²) >= 11 is 0. The summed E-state index contributed by atoms with van der Waals surface area (Å²) in [6.45, 7) is 16.0. The Morgan fingerprint density at radius 1 is 1.02 bits per heavy atom. The van der Waals surface area contributed by atoms with Crippen LogP contribution in [0.3, 0.4) is 0 Å². The maximum absolute atomic E-state index is 12.2. The Labute approximate surface area is 272 Å². The topological polar surface area (TPSA) is 92.4 Å². The first-order valence-corrected chi connectivity index (χ1v) is 17.1. The highest BCUT2D eigenvalue weighted by molar-refractivity contribution is 5.94. The van der Waals surface area contributed by atoms with E-state index in [0.717, 1.165) is 49.8 Å². The molecule has 2 fully saturated rings. The average Bonchev–Trinajstić information content (AvgIpc) is 3.35. The highest BCUT2D eigenvalue weighted by Crippen LogP contribution is 2.63. The van der Waals surface area contributed by atoms with Crippen molar-refractivity contribution in [1.82, 2.24) is 0 Å². The molecule has 45 heavy (non-hydrogen) atoms. The molecule has 4 aliphatic rings. The van der Waals surface area contributed by atoms with Gasteiger partial charge >= 0.3 is 0 Å². The lowest BCUT2D eigenvalue weighted by molar-refractivity contribution is -0.114. The molecule has 0 aromatic heterocycles. The van der Waals surface area contributed by atoms with Crippen molar-refractivity contribution in [3.63, 3.8) is 0 Å². The third kappa shape index (κ3) is 8.24. The number of allylic oxidation sites excluding steroid dienone is 4. The summed E-state index contributed by atoms with van der Waals surface area (Å²) in [5.74, 6) is 1.71. The maximum atomic E-state index is 12.2. The zero-order valence-corrected chi connectivity index (χ0v) is 28.5. The van der Waals surface area contributed by atoms with E-state index in [-0.39, 0.29) is 23.1 Å². The van der Waals surface area contributed by atoms with Crippen molar-refractivity contribution in [3.8, 4) is 0 Å². The molecule has 2 aromatic carbocycles. The molecule has 0 radical (unpaired) electrons. The Hall–Kier alpha value is -3.44. The molecule has 0 amide bonds. The van der Waals surface area contributed by atoms with Crippen molar-refractivity contribution in [1.29, 1.82) is 0 Å². The fourth-order valence-corrected chi connectivity index (χ4v) is 7.83. The molecule has 6 rings (SSSR count). The number of ketones is 2. The number of nitrogens with two attached hydrogens (primary N) is 1. The van der Waals surface area contributed by atoms with E-state index in [2.05, 4.69) is 62.7 Å². The van der Waals surface area contributed by atoms with Gasteiger partial charge in [-0.05, 0) is 122 Å². The van der Waals surface area contributed by atoms with Crippen LogP contribution in [0, 0.1) is 17.3 Å². The van der Waals surface area contributed by atoms with E-state index in [1.54, 1.807) is 12.5 Å². The first-order valence-electron chi connectivity index (χ1n) is 17.1. The van der Waals surface area contributed by atoms with Crippen LogP contribution in [0.1, 0.15) is 120 Å². The predicted octanol–water partition coefficient (Wildman–Crippen LogP) is 9.29. The first kappa shape index (κ1) is 36.0. The number of benzene rings is 2. The molecule has 0 aliphatic heterocycles. The van der Waals surface area contributed by atoms with Crippen molar-refractivity contribution in [2.24, 2.45) is 23.0 Å². The van der Waals surface area contributed by atoms with Crippen LogP contribution >= 0.6 is 0 Å². The Morgan fingerprint density at radius 2 is 1.64 bits per heavy atom. The van der Waals surface area contributed by atoms with Crippen LogP contribution < -0.4 is 11.1 Å². The van der Waals surface area contributed by atoms with E-state index in [4.69, 9.17) is 0 Å². The number of fused-ring (bicyclic) bond motifs is 4. The van der Waals surface area contributed by atoms with Crippen LogP contribution in [0.4, 0.5) is 5.69 Å². The third-order valence-corrected chi connectivity index (χ3v) is 9.85. The summed E-state index contributed by atoms with van der Waals surface area (Å²) in [5.41, 5.74) is 13.2. The van der Waals surface area contributed by atoms with Crippen molar-refractivity contribution >= 4 is 17.3 Å². The van der Waals surface area contributed by atoms with E-state index in [1.807, 2.05) is 44.2 Å². The van der Waals surface area contributed by atoms with E-state index < -0.39 is 0 Å². The highest BCUT2D eigenvalue weighted by atomic mass is 16.3. The Kier molecular flexibility index (Phi) is 13.4. The fraction of sp³-hybridized carbons (Fsp3) is 0.500. The molecule has 0 spiro atoms. The monoisotopic (exact) mass is 612 g/mol. The van der Waals surface area contributed by atoms with E-state index in [1.165, 1.54) is 34.9 Å². The summed E-state index contributed by atoms with van der Waals surface area (Å²) in [6.07, 6.45) is 10.8. The Morgan fingerprint density at radius 3 is 2.24 bits per heavy atom. The molecule has 4 N–H and O–H groups in total. The van der Waals surface area contributed by atoms with Crippen molar-refractivity contribution in [2.45, 2.75) is 111 Å². The van der Waals surface area contributed by atoms with Gasteiger partial charge in [-0.15, -0.1) is 0 Å². The number of rotatable bonds is 5. The second kappa shape index (κ2) is 16.7. The van der Waals surface area contributed by atoms with Crippen LogP contribution in [0.25, 0.3) is 0 Å². The van der Waals surface area contributed by atoms with Crippen LogP contribution in [0.5, 0.6) is 0 Å². The molecule has 0 heterocycles. The quantitative estimate of drug-likeness (QED) is 0.293. The van der Waals surface area contributed by atoms with Gasteiger partial charge in [-0.3, -0.25) is 9.59 Å². The molecule has 5 unspecified atom stereocenters. The van der Waals surface area contributed by atoms with Crippen LogP contribution in [0.2, 0.25) is 0 Å². The fourth-order valence-electron chi connectivity index (χ4n) is 7.83. The summed E-state index contributed by atoms with van der Waals surface area (Å²) < 4.78 is 0. The summed E-state index contributed by atoms with van der Waals surface area (Å²) in [4.78, 5) is 23.7. The minimum Gasteiger partial charge on any atom is -0.405 e. The highest BCUT2D eigenvalue weighted by Gasteiger charge is 2.56. The van der Waals surface area contributed by atoms with Gasteiger partial charge in [-0.25, -0.2) is 0 Å². The van der Waals surface area contributed by atoms with Crippen LogP contribution in [-0.2, 0) is 11.3 Å². The molecular weight excluding hydrogens is 556 g/mol. The minimum atomic E-state index is -0.228. The van der Waals surface area contributed by atoms with Crippen molar-refractivity contribution in [3.05, 3.63) is 101 Å². The van der Waals surface area contributed by atoms with Crippen molar-refractivity contribution in [2.75, 3.05) is 5.32 Å². The number of hydrogen-bond acceptors (Lipinski definition) is 5. The number of anilines is 1. The normalized spacial score (nSPS) is 26.1. The number of carbonyl (C=O) groups excluding carboxylic acids is 2. The number of aliphatic hydroxyl groups excluding tert-OH is 1. The Balaban J connectivity index is 0.000000631. The molecule has 0 bridgehead atoms. The van der Waals surface area contributed by atoms with Gasteiger partial charge in [0.1, 0.15) is 0 Å². The molecule has 5 heteroatoms. The first-order chi connectivity index (χ1) is 21.7. The third-order valence-electron chi connectivity index (χ3n) is 9.85. The van der Waals surface area contributed by atoms with Gasteiger partial charge in [0, 0.05) is 30.1 Å². The second-order valence-electron chi connectivity index (χ2n) is 12.8. The van der Waals surface area contributed by atoms with Crippen molar-refractivity contribution < 1.29 is 14.7 Å². The average molecular weight is 613 g/mol. The number of aliphatic hydroxyl groups is 1. The van der Waals surface area contributed by atoms with Gasteiger partial charge < -0.3 is 16.2 Å². The molecular formula is C40H56N2O3. The van der Waals surface area contributed by atoms with Gasteiger partial charge in [0.15, 0.2) is 11.6 Å². The van der Waals surface area contributed by atoms with Gasteiger partial charge in [-0.2, -0.15) is 0 Å². The lowest BCUT2D eigenvalue weighted by Gasteiger charge is -2.52. The summed E-state index contributed by atoms with van der Waals surface area (Å²) in [5, 5.41) is 14.5. The lowest BCUT2D eigenvalue weighted by Crippen LogP contribution is -2.45. The largest absolute Gasteiger partial charge is 0.405 e. The molecule has 5 atom stereocenters. The van der Waals surface area contributed by atoms with Gasteiger partial charge in [0.25, 0.3) is 0 Å². The van der Waals surface area contributed by atoms with E-state index >= 15 is 0 Å². The molecule has 244 valence electrons.